The number of halogens is 1. The maximum Gasteiger partial charge on any atom is 0.122 e. The Balaban J connectivity index is 2.63. The van der Waals surface area contributed by atoms with E-state index in [4.69, 9.17) is 4.74 Å². The van der Waals surface area contributed by atoms with E-state index in [0.29, 0.717) is 4.83 Å². The molecule has 1 aromatic carbocycles. The van der Waals surface area contributed by atoms with Gasteiger partial charge in [-0.3, -0.25) is 0 Å². The van der Waals surface area contributed by atoms with Gasteiger partial charge < -0.3 is 4.74 Å². The molecule has 0 N–H and O–H groups in total. The largest absolute Gasteiger partial charge is 0.496 e. The van der Waals surface area contributed by atoms with Crippen molar-refractivity contribution in [2.45, 2.75) is 31.5 Å². The minimum atomic E-state index is 0.536. The number of methoxy groups -OCH3 is 1. The molecule has 2 heteroatoms. The van der Waals surface area contributed by atoms with Crippen LogP contribution in [0.4, 0.5) is 0 Å². The van der Waals surface area contributed by atoms with Crippen LogP contribution in [0.5, 0.6) is 5.75 Å². The van der Waals surface area contributed by atoms with Crippen LogP contribution in [0.1, 0.15) is 25.8 Å². The molecule has 15 heavy (non-hydrogen) atoms. The number of benzene rings is 1. The van der Waals surface area contributed by atoms with Crippen molar-refractivity contribution >= 4 is 15.9 Å². The summed E-state index contributed by atoms with van der Waals surface area (Å²) in [6.07, 6.45) is 2.22. The number of ether oxygens (including phenoxy) is 1. The molecule has 84 valence electrons. The average molecular weight is 271 g/mol. The Kier molecular flexibility index (Phi) is 5.16. The lowest BCUT2D eigenvalue weighted by Gasteiger charge is -2.14. The molecule has 1 atom stereocenters. The fraction of sp³-hybridized carbons (Fsp3) is 0.538. The highest BCUT2D eigenvalue weighted by molar-refractivity contribution is 9.09. The summed E-state index contributed by atoms with van der Waals surface area (Å²) < 4.78 is 5.33. The van der Waals surface area contributed by atoms with Crippen LogP contribution in [-0.2, 0) is 6.42 Å². The molecule has 0 fully saturated rings. The van der Waals surface area contributed by atoms with Crippen molar-refractivity contribution in [1.82, 2.24) is 0 Å². The first-order valence-corrected chi connectivity index (χ1v) is 6.31. The molecule has 0 saturated heterocycles. The third-order valence-corrected chi connectivity index (χ3v) is 3.06. The fourth-order valence-corrected chi connectivity index (χ4v) is 2.80. The minimum absolute atomic E-state index is 0.536. The molecule has 0 amide bonds. The molecule has 1 aromatic rings. The lowest BCUT2D eigenvalue weighted by molar-refractivity contribution is 0.408. The van der Waals surface area contributed by atoms with E-state index in [1.807, 2.05) is 12.1 Å². The number of para-hydroxylation sites is 1. The zero-order valence-corrected chi connectivity index (χ0v) is 11.3. The molecular weight excluding hydrogens is 252 g/mol. The molecule has 1 unspecified atom stereocenters. The highest BCUT2D eigenvalue weighted by Crippen LogP contribution is 2.24. The lowest BCUT2D eigenvalue weighted by Crippen LogP contribution is -2.07. The van der Waals surface area contributed by atoms with Crippen LogP contribution >= 0.6 is 15.9 Å². The third kappa shape index (κ3) is 4.25. The Hall–Kier alpha value is -0.500. The van der Waals surface area contributed by atoms with Crippen molar-refractivity contribution in [1.29, 1.82) is 0 Å². The Morgan fingerprint density at radius 2 is 1.93 bits per heavy atom. The summed E-state index contributed by atoms with van der Waals surface area (Å²) in [5.74, 6) is 1.72. The summed E-state index contributed by atoms with van der Waals surface area (Å²) in [6, 6.07) is 8.22. The predicted octanol–water partition coefficient (Wildman–Crippen LogP) is 4.05. The molecule has 0 radical (unpaired) electrons. The van der Waals surface area contributed by atoms with Crippen LogP contribution in [0.15, 0.2) is 24.3 Å². The van der Waals surface area contributed by atoms with Crippen LogP contribution < -0.4 is 4.74 Å². The summed E-state index contributed by atoms with van der Waals surface area (Å²) in [7, 11) is 1.73. The first-order valence-electron chi connectivity index (χ1n) is 5.39. The zero-order chi connectivity index (χ0) is 11.3. The van der Waals surface area contributed by atoms with Gasteiger partial charge in [0.15, 0.2) is 0 Å². The Bertz CT molecular complexity index is 296. The minimum Gasteiger partial charge on any atom is -0.496 e. The van der Waals surface area contributed by atoms with Crippen molar-refractivity contribution in [3.8, 4) is 5.75 Å². The van der Waals surface area contributed by atoms with Crippen LogP contribution in [0.2, 0.25) is 0 Å². The smallest absolute Gasteiger partial charge is 0.122 e. The second kappa shape index (κ2) is 6.16. The van der Waals surface area contributed by atoms with Gasteiger partial charge in [-0.25, -0.2) is 0 Å². The van der Waals surface area contributed by atoms with Crippen LogP contribution in [0.3, 0.4) is 0 Å². The molecule has 0 spiro atoms. The molecule has 0 aliphatic rings. The number of alkyl halides is 1. The highest BCUT2D eigenvalue weighted by Gasteiger charge is 2.10. The second-order valence-corrected chi connectivity index (χ2v) is 5.54. The fourth-order valence-electron chi connectivity index (χ4n) is 1.71. The summed E-state index contributed by atoms with van der Waals surface area (Å²) in [5, 5.41) is 0. The summed E-state index contributed by atoms with van der Waals surface area (Å²) in [4.78, 5) is 0.536. The molecule has 0 aliphatic heterocycles. The molecule has 0 heterocycles. The second-order valence-electron chi connectivity index (χ2n) is 4.24. The van der Waals surface area contributed by atoms with Gasteiger partial charge >= 0.3 is 0 Å². The maximum atomic E-state index is 5.33. The van der Waals surface area contributed by atoms with E-state index in [9.17, 15) is 0 Å². The number of hydrogen-bond acceptors (Lipinski definition) is 1. The van der Waals surface area contributed by atoms with Gasteiger partial charge in [0.25, 0.3) is 0 Å². The molecule has 0 bridgehead atoms. The van der Waals surface area contributed by atoms with Gasteiger partial charge in [-0.15, -0.1) is 0 Å². The lowest BCUT2D eigenvalue weighted by atomic mass is 10.0. The van der Waals surface area contributed by atoms with Crippen LogP contribution in [-0.4, -0.2) is 11.9 Å². The Morgan fingerprint density at radius 1 is 1.27 bits per heavy atom. The first kappa shape index (κ1) is 12.6. The van der Waals surface area contributed by atoms with Gasteiger partial charge in [0.1, 0.15) is 5.75 Å². The summed E-state index contributed by atoms with van der Waals surface area (Å²) in [5.41, 5.74) is 1.28. The van der Waals surface area contributed by atoms with E-state index in [1.165, 1.54) is 12.0 Å². The maximum absolute atomic E-state index is 5.33. The van der Waals surface area contributed by atoms with Crippen molar-refractivity contribution in [2.75, 3.05) is 7.11 Å². The highest BCUT2D eigenvalue weighted by atomic mass is 79.9. The van der Waals surface area contributed by atoms with Crippen molar-refractivity contribution in [3.63, 3.8) is 0 Å². The van der Waals surface area contributed by atoms with E-state index in [0.717, 1.165) is 18.1 Å². The monoisotopic (exact) mass is 270 g/mol. The standard InChI is InChI=1S/C13H19BrO/c1-10(2)8-12(14)9-11-6-4-5-7-13(11)15-3/h4-7,10,12H,8-9H2,1-3H3. The van der Waals surface area contributed by atoms with Crippen LogP contribution in [0, 0.1) is 5.92 Å². The molecule has 0 aromatic heterocycles. The van der Waals surface area contributed by atoms with E-state index in [1.54, 1.807) is 7.11 Å². The topological polar surface area (TPSA) is 9.23 Å². The Labute approximate surface area is 101 Å². The molecule has 1 rings (SSSR count). The van der Waals surface area contributed by atoms with Crippen LogP contribution in [0.25, 0.3) is 0 Å². The molecule has 0 aliphatic carbocycles. The number of rotatable bonds is 5. The van der Waals surface area contributed by atoms with Gasteiger partial charge in [-0.1, -0.05) is 48.0 Å². The normalized spacial score (nSPS) is 12.9. The van der Waals surface area contributed by atoms with Gasteiger partial charge in [0, 0.05) is 4.83 Å². The number of hydrogen-bond donors (Lipinski definition) is 0. The SMILES string of the molecule is COc1ccccc1CC(Br)CC(C)C. The third-order valence-electron chi connectivity index (χ3n) is 2.36. The van der Waals surface area contributed by atoms with Gasteiger partial charge in [0.2, 0.25) is 0 Å². The van der Waals surface area contributed by atoms with Crippen molar-refractivity contribution < 1.29 is 4.74 Å². The Morgan fingerprint density at radius 3 is 2.53 bits per heavy atom. The molecule has 0 saturated carbocycles. The molecule has 1 nitrogen and oxygen atoms in total. The van der Waals surface area contributed by atoms with Crippen molar-refractivity contribution in [2.24, 2.45) is 5.92 Å². The van der Waals surface area contributed by atoms with E-state index < -0.39 is 0 Å². The van der Waals surface area contributed by atoms with Gasteiger partial charge in [-0.2, -0.15) is 0 Å². The van der Waals surface area contributed by atoms with E-state index in [-0.39, 0.29) is 0 Å². The van der Waals surface area contributed by atoms with Gasteiger partial charge in [0.05, 0.1) is 7.11 Å². The van der Waals surface area contributed by atoms with Crippen molar-refractivity contribution in [3.05, 3.63) is 29.8 Å². The molecular formula is C13H19BrO. The quantitative estimate of drug-likeness (QED) is 0.734. The summed E-state index contributed by atoms with van der Waals surface area (Å²) in [6.45, 7) is 4.49. The average Bonchev–Trinajstić information content (AvgIpc) is 2.17. The zero-order valence-electron chi connectivity index (χ0n) is 9.66. The van der Waals surface area contributed by atoms with E-state index >= 15 is 0 Å². The van der Waals surface area contributed by atoms with E-state index in [2.05, 4.69) is 41.9 Å². The first-order chi connectivity index (χ1) is 7.13. The van der Waals surface area contributed by atoms with Gasteiger partial charge in [-0.05, 0) is 30.4 Å². The predicted molar refractivity (Wildman–Crippen MR) is 68.9 cm³/mol. The summed E-state index contributed by atoms with van der Waals surface area (Å²) >= 11 is 3.72.